The third kappa shape index (κ3) is 2.46. The number of aromatic nitrogens is 3. The average molecular weight is 286 g/mol. The Morgan fingerprint density at radius 3 is 2.57 bits per heavy atom. The second-order valence-electron chi connectivity index (χ2n) is 6.64. The SMILES string of the molecule is CC(C)n1c(C2(CN)CCCCCC2)nc2cccnc21. The van der Waals surface area contributed by atoms with E-state index in [0.29, 0.717) is 12.6 Å². The van der Waals surface area contributed by atoms with Crippen molar-refractivity contribution in [3.05, 3.63) is 24.2 Å². The quantitative estimate of drug-likeness (QED) is 0.878. The smallest absolute Gasteiger partial charge is 0.160 e. The summed E-state index contributed by atoms with van der Waals surface area (Å²) < 4.78 is 2.31. The molecule has 0 atom stereocenters. The largest absolute Gasteiger partial charge is 0.329 e. The van der Waals surface area contributed by atoms with E-state index in [9.17, 15) is 0 Å². The monoisotopic (exact) mass is 286 g/mol. The summed E-state index contributed by atoms with van der Waals surface area (Å²) in [4.78, 5) is 9.53. The molecular weight excluding hydrogens is 260 g/mol. The minimum Gasteiger partial charge on any atom is -0.329 e. The van der Waals surface area contributed by atoms with Crippen molar-refractivity contribution >= 4 is 11.2 Å². The summed E-state index contributed by atoms with van der Waals surface area (Å²) in [6.07, 6.45) is 9.32. The van der Waals surface area contributed by atoms with Crippen molar-refractivity contribution in [1.29, 1.82) is 0 Å². The molecule has 2 N–H and O–H groups in total. The maximum absolute atomic E-state index is 6.26. The predicted octanol–water partition coefficient (Wildman–Crippen LogP) is 3.56. The summed E-state index contributed by atoms with van der Waals surface area (Å²) in [6, 6.07) is 4.38. The Labute approximate surface area is 126 Å². The van der Waals surface area contributed by atoms with Gasteiger partial charge in [-0.25, -0.2) is 9.97 Å². The van der Waals surface area contributed by atoms with Gasteiger partial charge >= 0.3 is 0 Å². The van der Waals surface area contributed by atoms with E-state index in [1.807, 2.05) is 12.3 Å². The number of pyridine rings is 1. The first-order valence-corrected chi connectivity index (χ1v) is 8.21. The molecule has 0 amide bonds. The fourth-order valence-corrected chi connectivity index (χ4v) is 3.72. The molecule has 3 rings (SSSR count). The molecule has 0 aliphatic heterocycles. The highest BCUT2D eigenvalue weighted by atomic mass is 15.2. The van der Waals surface area contributed by atoms with Gasteiger partial charge in [-0.15, -0.1) is 0 Å². The van der Waals surface area contributed by atoms with Crippen LogP contribution in [-0.4, -0.2) is 21.1 Å². The van der Waals surface area contributed by atoms with Crippen LogP contribution >= 0.6 is 0 Å². The normalized spacial score (nSPS) is 19.0. The highest BCUT2D eigenvalue weighted by Crippen LogP contribution is 2.39. The van der Waals surface area contributed by atoms with Gasteiger partial charge in [0, 0.05) is 24.2 Å². The van der Waals surface area contributed by atoms with Crippen molar-refractivity contribution in [1.82, 2.24) is 14.5 Å². The lowest BCUT2D eigenvalue weighted by Gasteiger charge is -2.32. The molecule has 2 heterocycles. The molecule has 0 spiro atoms. The maximum atomic E-state index is 6.26. The van der Waals surface area contributed by atoms with E-state index in [-0.39, 0.29) is 5.41 Å². The Hall–Kier alpha value is -1.42. The van der Waals surface area contributed by atoms with Crippen LogP contribution in [0.5, 0.6) is 0 Å². The van der Waals surface area contributed by atoms with Gasteiger partial charge in [0.1, 0.15) is 11.3 Å². The van der Waals surface area contributed by atoms with Crippen LogP contribution < -0.4 is 5.73 Å². The van der Waals surface area contributed by atoms with Crippen LogP contribution in [0.3, 0.4) is 0 Å². The van der Waals surface area contributed by atoms with Gasteiger partial charge in [0.25, 0.3) is 0 Å². The van der Waals surface area contributed by atoms with E-state index < -0.39 is 0 Å². The zero-order valence-corrected chi connectivity index (χ0v) is 13.2. The average Bonchev–Trinajstić information content (AvgIpc) is 2.72. The van der Waals surface area contributed by atoms with E-state index in [2.05, 4.69) is 29.5 Å². The molecule has 0 radical (unpaired) electrons. The first-order valence-electron chi connectivity index (χ1n) is 8.21. The van der Waals surface area contributed by atoms with Crippen molar-refractivity contribution in [3.63, 3.8) is 0 Å². The number of nitrogens with zero attached hydrogens (tertiary/aromatic N) is 3. The van der Waals surface area contributed by atoms with Crippen LogP contribution in [0.1, 0.15) is 64.2 Å². The second-order valence-corrected chi connectivity index (χ2v) is 6.64. The highest BCUT2D eigenvalue weighted by molar-refractivity contribution is 5.71. The summed E-state index contributed by atoms with van der Waals surface area (Å²) in [5.41, 5.74) is 8.28. The van der Waals surface area contributed by atoms with Gasteiger partial charge in [0.2, 0.25) is 0 Å². The van der Waals surface area contributed by atoms with Crippen LogP contribution in [-0.2, 0) is 5.41 Å². The van der Waals surface area contributed by atoms with E-state index >= 15 is 0 Å². The first kappa shape index (κ1) is 14.5. The number of hydrogen-bond acceptors (Lipinski definition) is 3. The van der Waals surface area contributed by atoms with Gasteiger partial charge < -0.3 is 10.3 Å². The molecule has 1 fully saturated rings. The maximum Gasteiger partial charge on any atom is 0.160 e. The summed E-state index contributed by atoms with van der Waals surface area (Å²) in [5, 5.41) is 0. The third-order valence-corrected chi connectivity index (χ3v) is 4.89. The summed E-state index contributed by atoms with van der Waals surface area (Å²) >= 11 is 0. The fraction of sp³-hybridized carbons (Fsp3) is 0.647. The van der Waals surface area contributed by atoms with Gasteiger partial charge in [-0.05, 0) is 38.8 Å². The summed E-state index contributed by atoms with van der Waals surface area (Å²) in [5.74, 6) is 1.16. The molecule has 2 aromatic rings. The lowest BCUT2D eigenvalue weighted by Crippen LogP contribution is -2.38. The molecular formula is C17H26N4. The van der Waals surface area contributed by atoms with Crippen molar-refractivity contribution in [2.75, 3.05) is 6.54 Å². The van der Waals surface area contributed by atoms with E-state index in [1.165, 1.54) is 25.7 Å². The summed E-state index contributed by atoms with van der Waals surface area (Å²) in [7, 11) is 0. The van der Waals surface area contributed by atoms with Crippen LogP contribution in [0.4, 0.5) is 0 Å². The van der Waals surface area contributed by atoms with Crippen molar-refractivity contribution in [3.8, 4) is 0 Å². The Bertz CT molecular complexity index is 606. The lowest BCUT2D eigenvalue weighted by molar-refractivity contribution is 0.339. The molecule has 1 aliphatic carbocycles. The highest BCUT2D eigenvalue weighted by Gasteiger charge is 2.37. The summed E-state index contributed by atoms with van der Waals surface area (Å²) in [6.45, 7) is 5.10. The lowest BCUT2D eigenvalue weighted by atomic mass is 9.79. The molecule has 0 bridgehead atoms. The number of nitrogens with two attached hydrogens (primary N) is 1. The van der Waals surface area contributed by atoms with E-state index in [4.69, 9.17) is 10.7 Å². The minimum atomic E-state index is 0.0292. The molecule has 0 saturated heterocycles. The molecule has 1 aliphatic rings. The van der Waals surface area contributed by atoms with E-state index in [1.54, 1.807) is 0 Å². The minimum absolute atomic E-state index is 0.0292. The number of fused-ring (bicyclic) bond motifs is 1. The molecule has 0 aromatic carbocycles. The molecule has 2 aromatic heterocycles. The van der Waals surface area contributed by atoms with Crippen molar-refractivity contribution in [2.45, 2.75) is 63.8 Å². The molecule has 4 heteroatoms. The topological polar surface area (TPSA) is 56.7 Å². The zero-order chi connectivity index (χ0) is 14.9. The van der Waals surface area contributed by atoms with E-state index in [0.717, 1.165) is 29.8 Å². The Morgan fingerprint density at radius 2 is 1.95 bits per heavy atom. The molecule has 1 saturated carbocycles. The van der Waals surface area contributed by atoms with Crippen LogP contribution in [0.15, 0.2) is 18.3 Å². The van der Waals surface area contributed by atoms with Crippen LogP contribution in [0, 0.1) is 0 Å². The molecule has 0 unspecified atom stereocenters. The Balaban J connectivity index is 2.19. The fourth-order valence-electron chi connectivity index (χ4n) is 3.72. The second kappa shape index (κ2) is 5.76. The number of imidazole rings is 1. The predicted molar refractivity (Wildman–Crippen MR) is 86.3 cm³/mol. The van der Waals surface area contributed by atoms with Crippen LogP contribution in [0.2, 0.25) is 0 Å². The zero-order valence-electron chi connectivity index (χ0n) is 13.2. The number of hydrogen-bond donors (Lipinski definition) is 1. The molecule has 4 nitrogen and oxygen atoms in total. The Kier molecular flexibility index (Phi) is 3.98. The van der Waals surface area contributed by atoms with Gasteiger partial charge in [-0.2, -0.15) is 0 Å². The van der Waals surface area contributed by atoms with Gasteiger partial charge in [-0.1, -0.05) is 25.7 Å². The van der Waals surface area contributed by atoms with Crippen molar-refractivity contribution < 1.29 is 0 Å². The first-order chi connectivity index (χ1) is 10.2. The third-order valence-electron chi connectivity index (χ3n) is 4.89. The van der Waals surface area contributed by atoms with Gasteiger partial charge in [0.15, 0.2) is 5.65 Å². The number of rotatable bonds is 3. The van der Waals surface area contributed by atoms with Crippen molar-refractivity contribution in [2.24, 2.45) is 5.73 Å². The molecule has 114 valence electrons. The van der Waals surface area contributed by atoms with Crippen LogP contribution in [0.25, 0.3) is 11.2 Å². The van der Waals surface area contributed by atoms with Gasteiger partial charge in [0.05, 0.1) is 0 Å². The molecule has 21 heavy (non-hydrogen) atoms. The standard InChI is InChI=1S/C17H26N4/c1-13(2)21-15-14(8-7-11-19-15)20-16(21)17(12-18)9-5-3-4-6-10-17/h7-8,11,13H,3-6,9-10,12,18H2,1-2H3. The van der Waals surface area contributed by atoms with Gasteiger partial charge in [-0.3, -0.25) is 0 Å². The Morgan fingerprint density at radius 1 is 1.24 bits per heavy atom.